The molecule has 0 radical (unpaired) electrons. The molecule has 0 spiro atoms. The smallest absolute Gasteiger partial charge is 0.313 e. The molecule has 1 aromatic rings. The Balaban J connectivity index is 2.06. The topological polar surface area (TPSA) is 92.6 Å². The number of nitrogens with zero attached hydrogens (tertiary/aromatic N) is 2. The van der Waals surface area contributed by atoms with Crippen molar-refractivity contribution in [3.8, 4) is 0 Å². The fourth-order valence-electron chi connectivity index (χ4n) is 2.70. The molecular formula is C15H19N3O4. The number of carbonyl (C=O) groups excluding carboxylic acids is 2. The largest absolute Gasteiger partial charge is 0.331 e. The first-order chi connectivity index (χ1) is 10.5. The minimum atomic E-state index is -0.749. The van der Waals surface area contributed by atoms with Crippen LogP contribution < -0.4 is 5.32 Å². The normalized spacial score (nSPS) is 17.9. The van der Waals surface area contributed by atoms with Gasteiger partial charge in [0.25, 0.3) is 5.69 Å². The molecule has 1 aromatic carbocycles. The number of hydrogen-bond acceptors (Lipinski definition) is 4. The Kier molecular flexibility index (Phi) is 5.08. The second-order valence-electron chi connectivity index (χ2n) is 5.32. The third kappa shape index (κ3) is 3.60. The van der Waals surface area contributed by atoms with Crippen molar-refractivity contribution in [3.63, 3.8) is 0 Å². The maximum absolute atomic E-state index is 12.3. The minimum Gasteiger partial charge on any atom is -0.331 e. The minimum absolute atomic E-state index is 0.0945. The van der Waals surface area contributed by atoms with Gasteiger partial charge in [-0.05, 0) is 31.7 Å². The fraction of sp³-hybridized carbons (Fsp3) is 0.467. The van der Waals surface area contributed by atoms with Crippen molar-refractivity contribution in [2.45, 2.75) is 38.6 Å². The molecule has 118 valence electrons. The van der Waals surface area contributed by atoms with Crippen molar-refractivity contribution in [1.29, 1.82) is 0 Å². The summed E-state index contributed by atoms with van der Waals surface area (Å²) in [5.41, 5.74) is 0.118. The quantitative estimate of drug-likeness (QED) is 0.527. The summed E-state index contributed by atoms with van der Waals surface area (Å²) in [5.74, 6) is -1.32. The van der Waals surface area contributed by atoms with Gasteiger partial charge in [0.2, 0.25) is 0 Å². The molecule has 7 nitrogen and oxygen atoms in total. The molecule has 1 unspecified atom stereocenters. The van der Waals surface area contributed by atoms with Gasteiger partial charge in [0.15, 0.2) is 0 Å². The SMILES string of the molecule is CCC1CCCCN1C(=O)C(=O)Nc1cccc([N+](=O)[O-])c1. The Bertz CT molecular complexity index is 588. The van der Waals surface area contributed by atoms with Gasteiger partial charge in [0, 0.05) is 30.4 Å². The number of non-ortho nitro benzene ring substituents is 1. The van der Waals surface area contributed by atoms with Gasteiger partial charge in [-0.3, -0.25) is 19.7 Å². The number of rotatable bonds is 3. The zero-order valence-electron chi connectivity index (χ0n) is 12.4. The number of nitro groups is 1. The average Bonchev–Trinajstić information content (AvgIpc) is 2.54. The molecule has 1 atom stereocenters. The lowest BCUT2D eigenvalue weighted by Gasteiger charge is -2.34. The van der Waals surface area contributed by atoms with Crippen molar-refractivity contribution < 1.29 is 14.5 Å². The molecule has 1 heterocycles. The molecule has 0 bridgehead atoms. The van der Waals surface area contributed by atoms with Gasteiger partial charge in [-0.15, -0.1) is 0 Å². The third-order valence-electron chi connectivity index (χ3n) is 3.87. The van der Waals surface area contributed by atoms with Gasteiger partial charge in [-0.1, -0.05) is 13.0 Å². The van der Waals surface area contributed by atoms with E-state index in [-0.39, 0.29) is 17.4 Å². The second-order valence-corrected chi connectivity index (χ2v) is 5.32. The summed E-state index contributed by atoms with van der Waals surface area (Å²) in [6.07, 6.45) is 3.68. The van der Waals surface area contributed by atoms with E-state index in [0.717, 1.165) is 25.7 Å². The van der Waals surface area contributed by atoms with E-state index in [0.29, 0.717) is 6.54 Å². The average molecular weight is 305 g/mol. The van der Waals surface area contributed by atoms with Crippen LogP contribution in [0.25, 0.3) is 0 Å². The first-order valence-electron chi connectivity index (χ1n) is 7.39. The van der Waals surface area contributed by atoms with Crippen molar-refractivity contribution in [1.82, 2.24) is 4.90 Å². The zero-order chi connectivity index (χ0) is 16.1. The highest BCUT2D eigenvalue weighted by atomic mass is 16.6. The number of carbonyl (C=O) groups is 2. The van der Waals surface area contributed by atoms with E-state index in [1.807, 2.05) is 6.92 Å². The summed E-state index contributed by atoms with van der Waals surface area (Å²) in [6, 6.07) is 5.64. The maximum atomic E-state index is 12.3. The molecule has 1 N–H and O–H groups in total. The number of benzene rings is 1. The Hall–Kier alpha value is -2.44. The Morgan fingerprint density at radius 3 is 2.86 bits per heavy atom. The molecule has 7 heteroatoms. The number of anilines is 1. The molecule has 1 fully saturated rings. The molecule has 2 rings (SSSR count). The van der Waals surface area contributed by atoms with E-state index >= 15 is 0 Å². The van der Waals surface area contributed by atoms with Crippen molar-refractivity contribution in [3.05, 3.63) is 34.4 Å². The standard InChI is InChI=1S/C15H19N3O4/c1-2-12-7-3-4-9-17(12)15(20)14(19)16-11-6-5-8-13(10-11)18(21)22/h5-6,8,10,12H,2-4,7,9H2,1H3,(H,16,19). The molecule has 0 saturated carbocycles. The summed E-state index contributed by atoms with van der Waals surface area (Å²) in [5, 5.41) is 13.2. The van der Waals surface area contributed by atoms with Crippen LogP contribution in [0.3, 0.4) is 0 Å². The third-order valence-corrected chi connectivity index (χ3v) is 3.87. The van der Waals surface area contributed by atoms with E-state index in [4.69, 9.17) is 0 Å². The van der Waals surface area contributed by atoms with Crippen LogP contribution in [0.5, 0.6) is 0 Å². The maximum Gasteiger partial charge on any atom is 0.313 e. The van der Waals surface area contributed by atoms with E-state index in [9.17, 15) is 19.7 Å². The highest BCUT2D eigenvalue weighted by Gasteiger charge is 2.29. The van der Waals surface area contributed by atoms with Crippen molar-refractivity contribution >= 4 is 23.2 Å². The van der Waals surface area contributed by atoms with Crippen molar-refractivity contribution in [2.75, 3.05) is 11.9 Å². The van der Waals surface area contributed by atoms with Gasteiger partial charge in [-0.2, -0.15) is 0 Å². The summed E-state index contributed by atoms with van der Waals surface area (Å²) in [6.45, 7) is 2.58. The Morgan fingerprint density at radius 1 is 1.41 bits per heavy atom. The van der Waals surface area contributed by atoms with E-state index in [1.54, 1.807) is 4.90 Å². The molecule has 1 aliphatic rings. The van der Waals surface area contributed by atoms with Gasteiger partial charge in [-0.25, -0.2) is 0 Å². The first-order valence-corrected chi connectivity index (χ1v) is 7.39. The lowest BCUT2D eigenvalue weighted by molar-refractivity contribution is -0.384. The van der Waals surface area contributed by atoms with Crippen LogP contribution in [0, 0.1) is 10.1 Å². The van der Waals surface area contributed by atoms with Crippen LogP contribution >= 0.6 is 0 Å². The van der Waals surface area contributed by atoms with Crippen LogP contribution in [-0.4, -0.2) is 34.2 Å². The summed E-state index contributed by atoms with van der Waals surface area (Å²) >= 11 is 0. The van der Waals surface area contributed by atoms with Gasteiger partial charge in [0.05, 0.1) is 4.92 Å². The molecule has 2 amide bonds. The molecular weight excluding hydrogens is 286 g/mol. The van der Waals surface area contributed by atoms with Crippen LogP contribution in [0.4, 0.5) is 11.4 Å². The van der Waals surface area contributed by atoms with Gasteiger partial charge >= 0.3 is 11.8 Å². The van der Waals surface area contributed by atoms with E-state index < -0.39 is 16.7 Å². The van der Waals surface area contributed by atoms with E-state index in [2.05, 4.69) is 5.32 Å². The molecule has 1 aliphatic heterocycles. The predicted molar refractivity (Wildman–Crippen MR) is 81.4 cm³/mol. The van der Waals surface area contributed by atoms with Crippen LogP contribution in [-0.2, 0) is 9.59 Å². The van der Waals surface area contributed by atoms with Crippen LogP contribution in [0.1, 0.15) is 32.6 Å². The number of hydrogen-bond donors (Lipinski definition) is 1. The van der Waals surface area contributed by atoms with E-state index in [1.165, 1.54) is 24.3 Å². The Labute approximate surface area is 128 Å². The van der Waals surface area contributed by atoms with Crippen LogP contribution in [0.15, 0.2) is 24.3 Å². The summed E-state index contributed by atoms with van der Waals surface area (Å²) in [4.78, 5) is 36.1. The molecule has 1 saturated heterocycles. The predicted octanol–water partition coefficient (Wildman–Crippen LogP) is 2.32. The van der Waals surface area contributed by atoms with Crippen molar-refractivity contribution in [2.24, 2.45) is 0 Å². The molecule has 22 heavy (non-hydrogen) atoms. The molecule has 0 aliphatic carbocycles. The van der Waals surface area contributed by atoms with Gasteiger partial charge in [0.1, 0.15) is 0 Å². The lowest BCUT2D eigenvalue weighted by atomic mass is 10.00. The highest BCUT2D eigenvalue weighted by Crippen LogP contribution is 2.21. The summed E-state index contributed by atoms with van der Waals surface area (Å²) < 4.78 is 0. The monoisotopic (exact) mass is 305 g/mol. The number of piperidine rings is 1. The zero-order valence-corrected chi connectivity index (χ0v) is 12.4. The summed E-state index contributed by atoms with van der Waals surface area (Å²) in [7, 11) is 0. The number of likely N-dealkylation sites (tertiary alicyclic amines) is 1. The Morgan fingerprint density at radius 2 is 2.18 bits per heavy atom. The number of nitro benzene ring substituents is 1. The molecule has 0 aromatic heterocycles. The van der Waals surface area contributed by atoms with Crippen LogP contribution in [0.2, 0.25) is 0 Å². The first kappa shape index (κ1) is 15.9. The van der Waals surface area contributed by atoms with Gasteiger partial charge < -0.3 is 10.2 Å². The lowest BCUT2D eigenvalue weighted by Crippen LogP contribution is -2.48. The second kappa shape index (κ2) is 7.02. The number of amides is 2. The fourth-order valence-corrected chi connectivity index (χ4v) is 2.70. The highest BCUT2D eigenvalue weighted by molar-refractivity contribution is 6.39. The number of nitrogens with one attached hydrogen (secondary N) is 1.